The Morgan fingerprint density at radius 1 is 0.950 bits per heavy atom. The standard InChI is InChI=1S/C16H12BrNO2/c17-13-8-6-12(7-9-13)16-14(10-19)15(18-20-16)11-4-2-1-3-5-11/h1-9,19H,10H2. The van der Waals surface area contributed by atoms with Gasteiger partial charge in [-0.1, -0.05) is 63.6 Å². The van der Waals surface area contributed by atoms with Crippen molar-refractivity contribution in [2.45, 2.75) is 6.61 Å². The molecule has 0 amide bonds. The molecule has 0 fully saturated rings. The first-order valence-electron chi connectivity index (χ1n) is 6.20. The van der Waals surface area contributed by atoms with Gasteiger partial charge in [-0.2, -0.15) is 0 Å². The predicted octanol–water partition coefficient (Wildman–Crippen LogP) is 4.26. The molecule has 3 aromatic rings. The molecule has 0 radical (unpaired) electrons. The van der Waals surface area contributed by atoms with Gasteiger partial charge in [0.15, 0.2) is 5.76 Å². The van der Waals surface area contributed by atoms with Crippen molar-refractivity contribution in [1.29, 1.82) is 0 Å². The van der Waals surface area contributed by atoms with E-state index in [-0.39, 0.29) is 6.61 Å². The fourth-order valence-corrected chi connectivity index (χ4v) is 2.37. The lowest BCUT2D eigenvalue weighted by molar-refractivity contribution is 0.281. The maximum absolute atomic E-state index is 9.66. The Balaban J connectivity index is 2.10. The van der Waals surface area contributed by atoms with Gasteiger partial charge in [0.25, 0.3) is 0 Å². The van der Waals surface area contributed by atoms with Gasteiger partial charge in [0.05, 0.1) is 12.2 Å². The van der Waals surface area contributed by atoms with Crippen molar-refractivity contribution in [3.8, 4) is 22.6 Å². The molecule has 0 saturated carbocycles. The van der Waals surface area contributed by atoms with Crippen LogP contribution in [-0.2, 0) is 6.61 Å². The number of aliphatic hydroxyl groups excluding tert-OH is 1. The van der Waals surface area contributed by atoms with Gasteiger partial charge in [-0.3, -0.25) is 0 Å². The number of halogens is 1. The number of rotatable bonds is 3. The Labute approximate surface area is 125 Å². The Morgan fingerprint density at radius 2 is 1.65 bits per heavy atom. The van der Waals surface area contributed by atoms with Crippen molar-refractivity contribution < 1.29 is 9.63 Å². The molecular weight excluding hydrogens is 318 g/mol. The number of nitrogens with zero attached hydrogens (tertiary/aromatic N) is 1. The van der Waals surface area contributed by atoms with Gasteiger partial charge in [-0.15, -0.1) is 0 Å². The normalized spacial score (nSPS) is 10.7. The van der Waals surface area contributed by atoms with E-state index in [9.17, 15) is 5.11 Å². The van der Waals surface area contributed by atoms with E-state index in [0.29, 0.717) is 17.0 Å². The third-order valence-electron chi connectivity index (χ3n) is 3.10. The highest BCUT2D eigenvalue weighted by Gasteiger charge is 2.17. The molecule has 1 N–H and O–H groups in total. The van der Waals surface area contributed by atoms with Gasteiger partial charge in [0.2, 0.25) is 0 Å². The van der Waals surface area contributed by atoms with Gasteiger partial charge in [0, 0.05) is 15.6 Å². The van der Waals surface area contributed by atoms with Gasteiger partial charge in [0.1, 0.15) is 5.69 Å². The predicted molar refractivity (Wildman–Crippen MR) is 81.0 cm³/mol. The summed E-state index contributed by atoms with van der Waals surface area (Å²) in [7, 11) is 0. The van der Waals surface area contributed by atoms with Crippen LogP contribution in [0.3, 0.4) is 0 Å². The molecule has 0 unspecified atom stereocenters. The number of benzene rings is 2. The summed E-state index contributed by atoms with van der Waals surface area (Å²) in [5.41, 5.74) is 3.22. The van der Waals surface area contributed by atoms with Crippen LogP contribution in [0.4, 0.5) is 0 Å². The number of hydrogen-bond donors (Lipinski definition) is 1. The largest absolute Gasteiger partial charge is 0.391 e. The summed E-state index contributed by atoms with van der Waals surface area (Å²) in [5.74, 6) is 0.610. The lowest BCUT2D eigenvalue weighted by Crippen LogP contribution is -1.88. The highest BCUT2D eigenvalue weighted by atomic mass is 79.9. The molecule has 0 saturated heterocycles. The van der Waals surface area contributed by atoms with Crippen LogP contribution in [0, 0.1) is 0 Å². The zero-order valence-corrected chi connectivity index (χ0v) is 12.2. The molecule has 3 rings (SSSR count). The van der Waals surface area contributed by atoms with E-state index in [1.54, 1.807) is 0 Å². The van der Waals surface area contributed by atoms with Crippen molar-refractivity contribution in [3.05, 3.63) is 64.6 Å². The minimum Gasteiger partial charge on any atom is -0.391 e. The minimum absolute atomic E-state index is 0.112. The summed E-state index contributed by atoms with van der Waals surface area (Å²) >= 11 is 3.40. The molecule has 0 spiro atoms. The molecule has 3 nitrogen and oxygen atoms in total. The highest BCUT2D eigenvalue weighted by molar-refractivity contribution is 9.10. The van der Waals surface area contributed by atoms with E-state index < -0.39 is 0 Å². The van der Waals surface area contributed by atoms with Crippen molar-refractivity contribution >= 4 is 15.9 Å². The zero-order chi connectivity index (χ0) is 13.9. The van der Waals surface area contributed by atoms with Crippen LogP contribution in [0.25, 0.3) is 22.6 Å². The van der Waals surface area contributed by atoms with Gasteiger partial charge >= 0.3 is 0 Å². The first-order valence-corrected chi connectivity index (χ1v) is 6.99. The van der Waals surface area contributed by atoms with Crippen LogP contribution in [0.15, 0.2) is 63.6 Å². The van der Waals surface area contributed by atoms with Crippen molar-refractivity contribution in [1.82, 2.24) is 5.16 Å². The van der Waals surface area contributed by atoms with Gasteiger partial charge < -0.3 is 9.63 Å². The second-order valence-electron chi connectivity index (χ2n) is 4.37. The van der Waals surface area contributed by atoms with E-state index in [1.807, 2.05) is 54.6 Å². The molecule has 0 atom stereocenters. The molecule has 0 bridgehead atoms. The summed E-state index contributed by atoms with van der Waals surface area (Å²) in [4.78, 5) is 0. The molecule has 100 valence electrons. The maximum Gasteiger partial charge on any atom is 0.173 e. The monoisotopic (exact) mass is 329 g/mol. The second kappa shape index (κ2) is 5.61. The van der Waals surface area contributed by atoms with Crippen LogP contribution in [-0.4, -0.2) is 10.3 Å². The molecule has 2 aromatic carbocycles. The SMILES string of the molecule is OCc1c(-c2ccccc2)noc1-c1ccc(Br)cc1. The molecule has 0 aliphatic rings. The second-order valence-corrected chi connectivity index (χ2v) is 5.29. The molecular formula is C16H12BrNO2. The number of aliphatic hydroxyl groups is 1. The van der Waals surface area contributed by atoms with Crippen molar-refractivity contribution in [2.24, 2.45) is 0 Å². The molecule has 20 heavy (non-hydrogen) atoms. The first kappa shape index (κ1) is 13.1. The van der Waals surface area contributed by atoms with E-state index >= 15 is 0 Å². The topological polar surface area (TPSA) is 46.3 Å². The summed E-state index contributed by atoms with van der Waals surface area (Å²) in [5, 5.41) is 13.8. The lowest BCUT2D eigenvalue weighted by Gasteiger charge is -2.01. The van der Waals surface area contributed by atoms with E-state index in [4.69, 9.17) is 4.52 Å². The van der Waals surface area contributed by atoms with Crippen LogP contribution in [0.2, 0.25) is 0 Å². The average molecular weight is 330 g/mol. The molecule has 0 aliphatic carbocycles. The fraction of sp³-hybridized carbons (Fsp3) is 0.0625. The molecule has 1 heterocycles. The fourth-order valence-electron chi connectivity index (χ4n) is 2.11. The van der Waals surface area contributed by atoms with Crippen LogP contribution >= 0.6 is 15.9 Å². The Morgan fingerprint density at radius 3 is 2.30 bits per heavy atom. The number of hydrogen-bond acceptors (Lipinski definition) is 3. The average Bonchev–Trinajstić information content (AvgIpc) is 2.93. The van der Waals surface area contributed by atoms with Crippen LogP contribution in [0.1, 0.15) is 5.56 Å². The Kier molecular flexibility index (Phi) is 3.67. The Hall–Kier alpha value is -1.91. The van der Waals surface area contributed by atoms with E-state index in [2.05, 4.69) is 21.1 Å². The first-order chi connectivity index (χ1) is 9.79. The summed E-state index contributed by atoms with van der Waals surface area (Å²) < 4.78 is 6.44. The van der Waals surface area contributed by atoms with Gasteiger partial charge in [-0.25, -0.2) is 0 Å². The quantitative estimate of drug-likeness (QED) is 0.780. The Bertz CT molecular complexity index is 705. The number of aromatic nitrogens is 1. The van der Waals surface area contributed by atoms with Crippen LogP contribution < -0.4 is 0 Å². The highest BCUT2D eigenvalue weighted by Crippen LogP contribution is 2.32. The smallest absolute Gasteiger partial charge is 0.173 e. The maximum atomic E-state index is 9.66. The zero-order valence-electron chi connectivity index (χ0n) is 10.6. The van der Waals surface area contributed by atoms with E-state index in [0.717, 1.165) is 15.6 Å². The summed E-state index contributed by atoms with van der Waals surface area (Å²) in [6, 6.07) is 17.4. The van der Waals surface area contributed by atoms with Gasteiger partial charge in [-0.05, 0) is 12.1 Å². The lowest BCUT2D eigenvalue weighted by atomic mass is 10.0. The molecule has 0 aliphatic heterocycles. The van der Waals surface area contributed by atoms with Crippen molar-refractivity contribution in [3.63, 3.8) is 0 Å². The minimum atomic E-state index is -0.112. The molecule has 4 heteroatoms. The summed E-state index contributed by atoms with van der Waals surface area (Å²) in [6.07, 6.45) is 0. The van der Waals surface area contributed by atoms with Crippen LogP contribution in [0.5, 0.6) is 0 Å². The third kappa shape index (κ3) is 2.40. The third-order valence-corrected chi connectivity index (χ3v) is 3.63. The molecule has 1 aromatic heterocycles. The van der Waals surface area contributed by atoms with Crippen molar-refractivity contribution in [2.75, 3.05) is 0 Å². The van der Waals surface area contributed by atoms with E-state index in [1.165, 1.54) is 0 Å². The summed E-state index contributed by atoms with van der Waals surface area (Å²) in [6.45, 7) is -0.112.